The molecule has 0 unspecified atom stereocenters. The summed E-state index contributed by atoms with van der Waals surface area (Å²) in [4.78, 5) is 28.8. The van der Waals surface area contributed by atoms with Crippen molar-refractivity contribution >= 4 is 17.5 Å². The molecule has 0 saturated carbocycles. The fraction of sp³-hybridized carbons (Fsp3) is 0.190. The molecule has 9 heteroatoms. The summed E-state index contributed by atoms with van der Waals surface area (Å²) >= 11 is 0. The number of rotatable bonds is 6. The van der Waals surface area contributed by atoms with E-state index in [1.165, 1.54) is 31.5 Å². The van der Waals surface area contributed by atoms with Gasteiger partial charge in [-0.2, -0.15) is 5.26 Å². The molecule has 0 radical (unpaired) electrons. The molecule has 2 heterocycles. The van der Waals surface area contributed by atoms with Crippen LogP contribution in [0.5, 0.6) is 5.75 Å². The molecule has 2 aromatic heterocycles. The van der Waals surface area contributed by atoms with Gasteiger partial charge in [0.05, 0.1) is 18.7 Å². The minimum absolute atomic E-state index is 0.0596. The van der Waals surface area contributed by atoms with Gasteiger partial charge in [0.25, 0.3) is 11.8 Å². The van der Waals surface area contributed by atoms with Crippen LogP contribution >= 0.6 is 0 Å². The first-order chi connectivity index (χ1) is 14.3. The highest BCUT2D eigenvalue weighted by atomic mass is 16.5. The molecule has 3 aromatic rings. The zero-order valence-electron chi connectivity index (χ0n) is 16.6. The topological polar surface area (TPSA) is 130 Å². The molecule has 0 saturated heterocycles. The van der Waals surface area contributed by atoms with Crippen LogP contribution in [0.25, 0.3) is 11.3 Å². The van der Waals surface area contributed by atoms with Crippen LogP contribution in [0.2, 0.25) is 0 Å². The van der Waals surface area contributed by atoms with E-state index in [1.54, 1.807) is 26.0 Å². The maximum absolute atomic E-state index is 12.5. The maximum Gasteiger partial charge on any atom is 0.277 e. The molecule has 0 aliphatic rings. The van der Waals surface area contributed by atoms with Gasteiger partial charge in [0.1, 0.15) is 17.0 Å². The van der Waals surface area contributed by atoms with Crippen molar-refractivity contribution in [3.63, 3.8) is 0 Å². The second-order valence-electron chi connectivity index (χ2n) is 6.85. The summed E-state index contributed by atoms with van der Waals surface area (Å²) in [5.41, 5.74) is 0.0785. The number of amides is 2. The minimum Gasteiger partial charge on any atom is -0.496 e. The Labute approximate surface area is 172 Å². The fourth-order valence-corrected chi connectivity index (χ4v) is 2.56. The third-order valence-electron chi connectivity index (χ3n) is 4.07. The number of carbonyl (C=O) groups is 2. The molecular weight excluding hydrogens is 386 g/mol. The number of benzene rings is 1. The lowest BCUT2D eigenvalue weighted by Crippen LogP contribution is -2.42. The van der Waals surface area contributed by atoms with Gasteiger partial charge in [0, 0.05) is 18.0 Å². The average molecular weight is 405 g/mol. The zero-order chi connectivity index (χ0) is 21.7. The SMILES string of the molecule is COc1ccccc1-c1cc(C(=O)Nc2ccnc(C(=O)NC(C)(C)C#N)c2)no1. The Kier molecular flexibility index (Phi) is 5.78. The summed E-state index contributed by atoms with van der Waals surface area (Å²) < 4.78 is 10.6. The van der Waals surface area contributed by atoms with Gasteiger partial charge in [-0.25, -0.2) is 0 Å². The number of para-hydroxylation sites is 1. The summed E-state index contributed by atoms with van der Waals surface area (Å²) in [5.74, 6) is -0.0795. The van der Waals surface area contributed by atoms with Crippen molar-refractivity contribution in [3.05, 3.63) is 60.0 Å². The first kappa shape index (κ1) is 20.5. The normalized spacial score (nSPS) is 10.7. The Balaban J connectivity index is 1.75. The number of nitrogens with one attached hydrogen (secondary N) is 2. The van der Waals surface area contributed by atoms with Crippen LogP contribution in [0.15, 0.2) is 53.2 Å². The van der Waals surface area contributed by atoms with Crippen molar-refractivity contribution in [1.82, 2.24) is 15.5 Å². The highest BCUT2D eigenvalue weighted by molar-refractivity contribution is 6.04. The second-order valence-corrected chi connectivity index (χ2v) is 6.85. The average Bonchev–Trinajstić information content (AvgIpc) is 3.24. The van der Waals surface area contributed by atoms with Gasteiger partial charge in [-0.3, -0.25) is 14.6 Å². The number of carbonyl (C=O) groups excluding carboxylic acids is 2. The molecule has 0 bridgehead atoms. The van der Waals surface area contributed by atoms with Crippen molar-refractivity contribution in [2.24, 2.45) is 0 Å². The summed E-state index contributed by atoms with van der Waals surface area (Å²) in [6.07, 6.45) is 1.38. The van der Waals surface area contributed by atoms with E-state index < -0.39 is 17.4 Å². The molecular formula is C21H19N5O4. The number of methoxy groups -OCH3 is 1. The molecule has 2 amide bonds. The van der Waals surface area contributed by atoms with Crippen LogP contribution in [0.3, 0.4) is 0 Å². The van der Waals surface area contributed by atoms with Crippen molar-refractivity contribution < 1.29 is 18.8 Å². The number of nitrogens with zero attached hydrogens (tertiary/aromatic N) is 3. The first-order valence-electron chi connectivity index (χ1n) is 8.94. The lowest BCUT2D eigenvalue weighted by Gasteiger charge is -2.17. The molecule has 1 aromatic carbocycles. The highest BCUT2D eigenvalue weighted by Crippen LogP contribution is 2.30. The monoisotopic (exact) mass is 405 g/mol. The maximum atomic E-state index is 12.5. The summed E-state index contributed by atoms with van der Waals surface area (Å²) in [7, 11) is 1.54. The van der Waals surface area contributed by atoms with Gasteiger partial charge >= 0.3 is 0 Å². The van der Waals surface area contributed by atoms with Crippen LogP contribution in [-0.2, 0) is 0 Å². The van der Waals surface area contributed by atoms with E-state index in [0.29, 0.717) is 22.8 Å². The van der Waals surface area contributed by atoms with E-state index in [1.807, 2.05) is 18.2 Å². The second kappa shape index (κ2) is 8.45. The van der Waals surface area contributed by atoms with Crippen LogP contribution in [0, 0.1) is 11.3 Å². The molecule has 2 N–H and O–H groups in total. The van der Waals surface area contributed by atoms with E-state index in [2.05, 4.69) is 20.8 Å². The van der Waals surface area contributed by atoms with E-state index in [0.717, 1.165) is 0 Å². The molecule has 9 nitrogen and oxygen atoms in total. The van der Waals surface area contributed by atoms with Gasteiger partial charge in [-0.15, -0.1) is 0 Å². The van der Waals surface area contributed by atoms with Gasteiger partial charge in [-0.05, 0) is 38.1 Å². The Morgan fingerprint density at radius 3 is 2.63 bits per heavy atom. The number of hydrogen-bond acceptors (Lipinski definition) is 7. The molecule has 0 atom stereocenters. The van der Waals surface area contributed by atoms with Gasteiger partial charge in [0.2, 0.25) is 0 Å². The molecule has 0 aliphatic carbocycles. The standard InChI is InChI=1S/C21H19N5O4/c1-21(2,12-22)25-20(28)15-10-13(8-9-23-15)24-19(27)16-11-18(30-26-16)14-6-4-5-7-17(14)29-3/h4-11H,1-3H3,(H,25,28)(H,23,24,27). The van der Waals surface area contributed by atoms with Crippen LogP contribution in [0.1, 0.15) is 34.8 Å². The highest BCUT2D eigenvalue weighted by Gasteiger charge is 2.22. The van der Waals surface area contributed by atoms with Gasteiger partial charge in [0.15, 0.2) is 11.5 Å². The predicted octanol–water partition coefficient (Wildman–Crippen LogP) is 3.03. The Morgan fingerprint density at radius 2 is 1.90 bits per heavy atom. The summed E-state index contributed by atoms with van der Waals surface area (Å²) in [5, 5.41) is 18.0. The largest absolute Gasteiger partial charge is 0.496 e. The van der Waals surface area contributed by atoms with Crippen LogP contribution < -0.4 is 15.4 Å². The quantitative estimate of drug-likeness (QED) is 0.644. The number of nitriles is 1. The number of anilines is 1. The Bertz CT molecular complexity index is 1130. The Morgan fingerprint density at radius 1 is 1.13 bits per heavy atom. The van der Waals surface area contributed by atoms with Gasteiger partial charge < -0.3 is 19.9 Å². The fourth-order valence-electron chi connectivity index (χ4n) is 2.56. The first-order valence-corrected chi connectivity index (χ1v) is 8.94. The molecule has 0 aliphatic heterocycles. The van der Waals surface area contributed by atoms with Crippen molar-refractivity contribution in [2.45, 2.75) is 19.4 Å². The molecule has 0 spiro atoms. The molecule has 152 valence electrons. The minimum atomic E-state index is -1.05. The van der Waals surface area contributed by atoms with Gasteiger partial charge in [-0.1, -0.05) is 17.3 Å². The van der Waals surface area contributed by atoms with E-state index in [9.17, 15) is 9.59 Å². The number of pyridine rings is 1. The molecule has 3 rings (SSSR count). The number of ether oxygens (including phenoxy) is 1. The number of aromatic nitrogens is 2. The summed E-state index contributed by atoms with van der Waals surface area (Å²) in [6.45, 7) is 3.14. The van der Waals surface area contributed by atoms with Crippen LogP contribution in [0.4, 0.5) is 5.69 Å². The smallest absolute Gasteiger partial charge is 0.277 e. The molecule has 30 heavy (non-hydrogen) atoms. The van der Waals surface area contributed by atoms with E-state index in [4.69, 9.17) is 14.5 Å². The van der Waals surface area contributed by atoms with Crippen molar-refractivity contribution in [1.29, 1.82) is 5.26 Å². The Hall–Kier alpha value is -4.19. The molecule has 0 fully saturated rings. The predicted molar refractivity (Wildman–Crippen MR) is 108 cm³/mol. The van der Waals surface area contributed by atoms with Crippen molar-refractivity contribution in [2.75, 3.05) is 12.4 Å². The van der Waals surface area contributed by atoms with E-state index >= 15 is 0 Å². The lowest BCUT2D eigenvalue weighted by atomic mass is 10.1. The van der Waals surface area contributed by atoms with E-state index in [-0.39, 0.29) is 11.4 Å². The summed E-state index contributed by atoms with van der Waals surface area (Å²) in [6, 6.07) is 13.6. The lowest BCUT2D eigenvalue weighted by molar-refractivity contribution is 0.0923. The number of hydrogen-bond donors (Lipinski definition) is 2. The van der Waals surface area contributed by atoms with Crippen molar-refractivity contribution in [3.8, 4) is 23.1 Å². The zero-order valence-corrected chi connectivity index (χ0v) is 16.6. The van der Waals surface area contributed by atoms with Crippen LogP contribution in [-0.4, -0.2) is 34.6 Å². The third-order valence-corrected chi connectivity index (χ3v) is 4.07. The third kappa shape index (κ3) is 4.62.